The third kappa shape index (κ3) is 3.67. The van der Waals surface area contributed by atoms with Crippen LogP contribution in [0.25, 0.3) is 11.1 Å². The van der Waals surface area contributed by atoms with Crippen molar-refractivity contribution in [2.24, 2.45) is 11.8 Å². The van der Waals surface area contributed by atoms with E-state index in [0.717, 1.165) is 37.7 Å². The van der Waals surface area contributed by atoms with Crippen molar-refractivity contribution in [3.8, 4) is 11.1 Å². The highest BCUT2D eigenvalue weighted by Gasteiger charge is 2.34. The highest BCUT2D eigenvalue weighted by molar-refractivity contribution is 5.78. The molecule has 0 aliphatic heterocycles. The van der Waals surface area contributed by atoms with Crippen molar-refractivity contribution in [1.29, 1.82) is 0 Å². The van der Waals surface area contributed by atoms with Gasteiger partial charge in [-0.05, 0) is 72.6 Å². The van der Waals surface area contributed by atoms with Gasteiger partial charge in [-0.1, -0.05) is 51.7 Å². The monoisotopic (exact) mass is 418 g/mol. The van der Waals surface area contributed by atoms with E-state index >= 15 is 8.78 Å². The van der Waals surface area contributed by atoms with E-state index in [2.05, 4.69) is 13.8 Å². The van der Waals surface area contributed by atoms with E-state index in [1.807, 2.05) is 0 Å². The molecule has 2 aliphatic carbocycles. The molecule has 4 rings (SSSR count). The number of hydrogen-bond acceptors (Lipinski definition) is 0. The fraction of sp³-hybridized carbons (Fsp3) is 0.538. The van der Waals surface area contributed by atoms with Gasteiger partial charge in [0.25, 0.3) is 0 Å². The molecule has 0 N–H and O–H groups in total. The highest BCUT2D eigenvalue weighted by atomic mass is 19.2. The smallest absolute Gasteiger partial charge is 0.167 e. The van der Waals surface area contributed by atoms with Crippen LogP contribution in [0.3, 0.4) is 0 Å². The molecule has 2 aromatic carbocycles. The Hall–Kier alpha value is -1.84. The molecule has 0 aromatic heterocycles. The molecule has 2 aliphatic rings. The zero-order valence-corrected chi connectivity index (χ0v) is 17.8. The van der Waals surface area contributed by atoms with Crippen molar-refractivity contribution in [2.75, 3.05) is 0 Å². The number of fused-ring (bicyclic) bond motifs is 3. The lowest BCUT2D eigenvalue weighted by Gasteiger charge is -2.34. The first-order valence-corrected chi connectivity index (χ1v) is 11.4. The molecule has 0 saturated heterocycles. The van der Waals surface area contributed by atoms with E-state index < -0.39 is 23.3 Å². The number of unbranched alkanes of at least 4 members (excludes halogenated alkanes) is 1. The maximum atomic E-state index is 15.1. The summed E-state index contributed by atoms with van der Waals surface area (Å²) >= 11 is 0. The van der Waals surface area contributed by atoms with E-state index in [4.69, 9.17) is 0 Å². The average Bonchev–Trinajstić information content (AvgIpc) is 3.14. The van der Waals surface area contributed by atoms with Crippen LogP contribution in [0.4, 0.5) is 17.6 Å². The fourth-order valence-corrected chi connectivity index (χ4v) is 5.76. The normalized spacial score (nSPS) is 21.4. The van der Waals surface area contributed by atoms with Crippen LogP contribution in [-0.2, 0) is 6.42 Å². The molecule has 1 atom stereocenters. The topological polar surface area (TPSA) is 0 Å². The summed E-state index contributed by atoms with van der Waals surface area (Å²) in [6.07, 6.45) is 9.02. The summed E-state index contributed by atoms with van der Waals surface area (Å²) in [7, 11) is 0. The lowest BCUT2D eigenvalue weighted by Crippen LogP contribution is -2.21. The van der Waals surface area contributed by atoms with E-state index in [1.54, 1.807) is 6.07 Å². The summed E-state index contributed by atoms with van der Waals surface area (Å²) in [5.74, 6) is -2.64. The second-order valence-corrected chi connectivity index (χ2v) is 9.12. The van der Waals surface area contributed by atoms with Crippen LogP contribution < -0.4 is 0 Å². The van der Waals surface area contributed by atoms with Crippen LogP contribution >= 0.6 is 0 Å². The van der Waals surface area contributed by atoms with Gasteiger partial charge in [0.2, 0.25) is 0 Å². The highest BCUT2D eigenvalue weighted by Crippen LogP contribution is 2.46. The van der Waals surface area contributed by atoms with Gasteiger partial charge in [-0.25, -0.2) is 17.6 Å². The van der Waals surface area contributed by atoms with Crippen LogP contribution in [-0.4, -0.2) is 0 Å². The maximum Gasteiger partial charge on any atom is 0.167 e. The molecule has 1 fully saturated rings. The molecular formula is C26H30F4. The zero-order chi connectivity index (χ0) is 21.4. The molecule has 1 unspecified atom stereocenters. The average molecular weight is 419 g/mol. The Balaban J connectivity index is 1.57. The Morgan fingerprint density at radius 1 is 0.867 bits per heavy atom. The van der Waals surface area contributed by atoms with Crippen LogP contribution in [0.1, 0.15) is 87.8 Å². The van der Waals surface area contributed by atoms with Gasteiger partial charge < -0.3 is 0 Å². The minimum Gasteiger partial charge on any atom is -0.204 e. The molecular weight excluding hydrogens is 388 g/mol. The van der Waals surface area contributed by atoms with Crippen molar-refractivity contribution in [3.63, 3.8) is 0 Å². The minimum absolute atomic E-state index is 0.00461. The van der Waals surface area contributed by atoms with Crippen molar-refractivity contribution in [1.82, 2.24) is 0 Å². The van der Waals surface area contributed by atoms with Crippen molar-refractivity contribution in [3.05, 3.63) is 58.2 Å². The van der Waals surface area contributed by atoms with Crippen LogP contribution in [0.5, 0.6) is 0 Å². The zero-order valence-electron chi connectivity index (χ0n) is 17.8. The number of benzene rings is 2. The Morgan fingerprint density at radius 2 is 1.57 bits per heavy atom. The van der Waals surface area contributed by atoms with Crippen LogP contribution in [0.2, 0.25) is 0 Å². The number of halogens is 4. The van der Waals surface area contributed by atoms with E-state index in [-0.39, 0.29) is 17.0 Å². The minimum atomic E-state index is -1.09. The van der Waals surface area contributed by atoms with Gasteiger partial charge in [0.05, 0.1) is 0 Å². The number of rotatable bonds is 6. The number of hydrogen-bond donors (Lipinski definition) is 0. The molecule has 30 heavy (non-hydrogen) atoms. The molecule has 4 heteroatoms. The van der Waals surface area contributed by atoms with E-state index in [9.17, 15) is 8.78 Å². The molecule has 0 spiro atoms. The first-order valence-electron chi connectivity index (χ1n) is 11.4. The molecule has 0 heterocycles. The molecule has 162 valence electrons. The largest absolute Gasteiger partial charge is 0.204 e. The van der Waals surface area contributed by atoms with Gasteiger partial charge in [-0.15, -0.1) is 0 Å². The van der Waals surface area contributed by atoms with Crippen LogP contribution in [0, 0.1) is 35.1 Å². The molecule has 0 radical (unpaired) electrons. The second-order valence-electron chi connectivity index (χ2n) is 9.12. The third-order valence-electron chi connectivity index (χ3n) is 7.46. The lowest BCUT2D eigenvalue weighted by molar-refractivity contribution is 0.211. The van der Waals surface area contributed by atoms with Gasteiger partial charge in [0, 0.05) is 11.1 Å². The summed E-state index contributed by atoms with van der Waals surface area (Å²) in [4.78, 5) is 0. The summed E-state index contributed by atoms with van der Waals surface area (Å²) in [6.45, 7) is 4.47. The van der Waals surface area contributed by atoms with Crippen LogP contribution in [0.15, 0.2) is 18.2 Å². The molecule has 0 bridgehead atoms. The summed E-state index contributed by atoms with van der Waals surface area (Å²) in [5, 5.41) is 0. The quantitative estimate of drug-likeness (QED) is 0.353. The Kier molecular flexibility index (Phi) is 6.22. The lowest BCUT2D eigenvalue weighted by atomic mass is 9.71. The Morgan fingerprint density at radius 3 is 2.23 bits per heavy atom. The van der Waals surface area contributed by atoms with E-state index in [1.165, 1.54) is 31.7 Å². The summed E-state index contributed by atoms with van der Waals surface area (Å²) in [6, 6.07) is 4.24. The first kappa shape index (κ1) is 21.4. The van der Waals surface area contributed by atoms with Crippen molar-refractivity contribution >= 4 is 0 Å². The van der Waals surface area contributed by atoms with Gasteiger partial charge >= 0.3 is 0 Å². The molecule has 0 amide bonds. The van der Waals surface area contributed by atoms with Gasteiger partial charge in [0.1, 0.15) is 0 Å². The van der Waals surface area contributed by atoms with Gasteiger partial charge in [-0.2, -0.15) is 0 Å². The maximum absolute atomic E-state index is 15.1. The van der Waals surface area contributed by atoms with Crippen molar-refractivity contribution in [2.45, 2.75) is 77.6 Å². The predicted molar refractivity (Wildman–Crippen MR) is 113 cm³/mol. The fourth-order valence-electron chi connectivity index (χ4n) is 5.76. The Labute approximate surface area is 176 Å². The predicted octanol–water partition coefficient (Wildman–Crippen LogP) is 8.30. The van der Waals surface area contributed by atoms with E-state index in [0.29, 0.717) is 29.0 Å². The molecule has 2 aromatic rings. The third-order valence-corrected chi connectivity index (χ3v) is 7.46. The van der Waals surface area contributed by atoms with Gasteiger partial charge in [0.15, 0.2) is 23.3 Å². The molecule has 0 nitrogen and oxygen atoms in total. The Bertz CT molecular complexity index is 925. The molecule has 1 saturated carbocycles. The standard InChI is InChI=1S/C26H30F4/c1-3-5-6-15(4-2)16-7-9-17(10-8-16)20-14-19-13-18-11-12-21(27)25(29)22(18)23(19)26(30)24(20)28/h11-12,14-17H,3-10,13H2,1-2H3. The summed E-state index contributed by atoms with van der Waals surface area (Å²) < 4.78 is 58.1. The second kappa shape index (κ2) is 8.72. The first-order chi connectivity index (χ1) is 14.5. The SMILES string of the molecule is CCCCC(CC)C1CCC(c2cc3c(c(F)c2F)-c2c(ccc(F)c2F)C3)CC1. The van der Waals surface area contributed by atoms with Crippen molar-refractivity contribution < 1.29 is 17.6 Å². The summed E-state index contributed by atoms with van der Waals surface area (Å²) in [5.41, 5.74) is 1.30. The van der Waals surface area contributed by atoms with Gasteiger partial charge in [-0.3, -0.25) is 0 Å².